The lowest BCUT2D eigenvalue weighted by atomic mass is 10.1. The van der Waals surface area contributed by atoms with Crippen LogP contribution in [0.3, 0.4) is 0 Å². The van der Waals surface area contributed by atoms with Crippen molar-refractivity contribution in [3.8, 4) is 11.5 Å². The fourth-order valence-corrected chi connectivity index (χ4v) is 4.40. The quantitative estimate of drug-likeness (QED) is 0.280. The summed E-state index contributed by atoms with van der Waals surface area (Å²) in [5.41, 5.74) is 2.70. The monoisotopic (exact) mass is 532 g/mol. The normalized spacial score (nSPS) is 14.8. The maximum atomic E-state index is 13.5. The number of rotatable bonds is 8. The number of benzene rings is 2. The number of anilines is 1. The number of thiocarbonyl (C=S) groups is 1. The van der Waals surface area contributed by atoms with Gasteiger partial charge in [-0.25, -0.2) is 0 Å². The zero-order valence-electron chi connectivity index (χ0n) is 18.9. The van der Waals surface area contributed by atoms with Crippen molar-refractivity contribution in [2.75, 3.05) is 32.3 Å². The van der Waals surface area contributed by atoms with E-state index in [1.807, 2.05) is 31.2 Å². The van der Waals surface area contributed by atoms with Crippen molar-refractivity contribution in [3.05, 3.63) is 57.7 Å². The Kier molecular flexibility index (Phi) is 8.10. The van der Waals surface area contributed by atoms with Crippen molar-refractivity contribution in [2.24, 2.45) is 0 Å². The van der Waals surface area contributed by atoms with E-state index in [0.717, 1.165) is 12.0 Å². The summed E-state index contributed by atoms with van der Waals surface area (Å²) in [4.78, 5) is 28.5. The molecule has 2 aromatic rings. The molecule has 7 nitrogen and oxygen atoms in total. The standard InChI is InChI=1S/C24H25BrN2O5S/c1-5-15-7-9-17(10-8-15)27-23(29)19(26(24(27)33)14-21(28)30-3)12-16-11-18(25)22(31-4)20(13-16)32-6-2/h7-13H,5-6,14H2,1-4H3/b19-12-. The Morgan fingerprint density at radius 2 is 1.85 bits per heavy atom. The number of aryl methyl sites for hydroxylation is 1. The summed E-state index contributed by atoms with van der Waals surface area (Å²) in [6, 6.07) is 11.2. The molecule has 0 radical (unpaired) electrons. The molecule has 0 atom stereocenters. The molecule has 1 aliphatic heterocycles. The zero-order valence-corrected chi connectivity index (χ0v) is 21.3. The second-order valence-electron chi connectivity index (χ2n) is 7.10. The summed E-state index contributed by atoms with van der Waals surface area (Å²) in [5, 5.41) is 0.207. The van der Waals surface area contributed by atoms with E-state index in [2.05, 4.69) is 22.9 Å². The summed E-state index contributed by atoms with van der Waals surface area (Å²) < 4.78 is 16.6. The molecule has 1 saturated heterocycles. The summed E-state index contributed by atoms with van der Waals surface area (Å²) in [7, 11) is 2.85. The van der Waals surface area contributed by atoms with Crippen LogP contribution < -0.4 is 14.4 Å². The lowest BCUT2D eigenvalue weighted by Gasteiger charge is -2.19. The van der Waals surface area contributed by atoms with Crippen molar-refractivity contribution in [3.63, 3.8) is 0 Å². The maximum Gasteiger partial charge on any atom is 0.325 e. The van der Waals surface area contributed by atoms with E-state index in [4.69, 9.17) is 26.4 Å². The van der Waals surface area contributed by atoms with Gasteiger partial charge in [0.25, 0.3) is 5.91 Å². The van der Waals surface area contributed by atoms with Crippen LogP contribution >= 0.6 is 28.1 Å². The number of hydrogen-bond acceptors (Lipinski definition) is 6. The highest BCUT2D eigenvalue weighted by molar-refractivity contribution is 9.10. The van der Waals surface area contributed by atoms with Crippen LogP contribution in [-0.2, 0) is 20.7 Å². The van der Waals surface area contributed by atoms with E-state index in [9.17, 15) is 9.59 Å². The molecule has 0 spiro atoms. The summed E-state index contributed by atoms with van der Waals surface area (Å²) in [6.45, 7) is 4.19. The number of methoxy groups -OCH3 is 2. The third kappa shape index (κ3) is 5.20. The van der Waals surface area contributed by atoms with Gasteiger partial charge in [-0.1, -0.05) is 19.1 Å². The lowest BCUT2D eigenvalue weighted by molar-refractivity contribution is -0.140. The largest absolute Gasteiger partial charge is 0.492 e. The van der Waals surface area contributed by atoms with Gasteiger partial charge in [-0.3, -0.25) is 14.5 Å². The van der Waals surface area contributed by atoms with E-state index in [1.165, 1.54) is 16.9 Å². The Hall–Kier alpha value is -2.91. The number of ether oxygens (including phenoxy) is 3. The minimum Gasteiger partial charge on any atom is -0.492 e. The molecular weight excluding hydrogens is 508 g/mol. The van der Waals surface area contributed by atoms with Gasteiger partial charge in [0.2, 0.25) is 0 Å². The second-order valence-corrected chi connectivity index (χ2v) is 8.32. The van der Waals surface area contributed by atoms with Gasteiger partial charge in [0.15, 0.2) is 16.6 Å². The SMILES string of the molecule is CCOc1cc(/C=C2/C(=O)N(c3ccc(CC)cc3)C(=S)N2CC(=O)OC)cc(Br)c1OC. The fraction of sp³-hybridized carbons (Fsp3) is 0.292. The van der Waals surface area contributed by atoms with Gasteiger partial charge < -0.3 is 19.1 Å². The van der Waals surface area contributed by atoms with E-state index in [1.54, 1.807) is 25.3 Å². The highest BCUT2D eigenvalue weighted by Gasteiger charge is 2.40. The van der Waals surface area contributed by atoms with Crippen LogP contribution in [0.1, 0.15) is 25.0 Å². The Labute approximate surface area is 207 Å². The molecule has 0 N–H and O–H groups in total. The van der Waals surface area contributed by atoms with Crippen LogP contribution in [0.25, 0.3) is 6.08 Å². The molecule has 1 fully saturated rings. The fourth-order valence-electron chi connectivity index (χ4n) is 3.43. The van der Waals surface area contributed by atoms with Gasteiger partial charge in [-0.2, -0.15) is 0 Å². The highest BCUT2D eigenvalue weighted by atomic mass is 79.9. The lowest BCUT2D eigenvalue weighted by Crippen LogP contribution is -2.35. The van der Waals surface area contributed by atoms with Gasteiger partial charge >= 0.3 is 5.97 Å². The van der Waals surface area contributed by atoms with E-state index in [0.29, 0.717) is 33.8 Å². The van der Waals surface area contributed by atoms with Crippen LogP contribution in [-0.4, -0.2) is 49.3 Å². The Morgan fingerprint density at radius 3 is 2.42 bits per heavy atom. The van der Waals surface area contributed by atoms with Crippen LogP contribution in [0, 0.1) is 0 Å². The number of hydrogen-bond donors (Lipinski definition) is 0. The Balaban J connectivity index is 2.08. The smallest absolute Gasteiger partial charge is 0.325 e. The van der Waals surface area contributed by atoms with Crippen molar-refractivity contribution in [1.29, 1.82) is 0 Å². The third-order valence-electron chi connectivity index (χ3n) is 5.09. The molecule has 0 aliphatic carbocycles. The first-order valence-electron chi connectivity index (χ1n) is 10.4. The maximum absolute atomic E-state index is 13.5. The molecule has 0 bridgehead atoms. The van der Waals surface area contributed by atoms with E-state index >= 15 is 0 Å². The average Bonchev–Trinajstić information content (AvgIpc) is 3.03. The molecule has 1 amide bonds. The molecule has 0 unspecified atom stereocenters. The number of esters is 1. The predicted molar refractivity (Wildman–Crippen MR) is 134 cm³/mol. The first kappa shape index (κ1) is 24.7. The Bertz CT molecular complexity index is 1100. The minimum absolute atomic E-state index is 0.188. The predicted octanol–water partition coefficient (Wildman–Crippen LogP) is 4.57. The minimum atomic E-state index is -0.509. The molecule has 174 valence electrons. The molecule has 0 aromatic heterocycles. The van der Waals surface area contributed by atoms with Crippen molar-refractivity contribution >= 4 is 56.9 Å². The molecule has 3 rings (SSSR count). The molecule has 2 aromatic carbocycles. The van der Waals surface area contributed by atoms with Crippen LogP contribution in [0.2, 0.25) is 0 Å². The molecule has 1 aliphatic rings. The van der Waals surface area contributed by atoms with E-state index in [-0.39, 0.29) is 23.3 Å². The topological polar surface area (TPSA) is 68.3 Å². The number of carbonyl (C=O) groups is 2. The van der Waals surface area contributed by atoms with Gasteiger partial charge in [-0.15, -0.1) is 0 Å². The third-order valence-corrected chi connectivity index (χ3v) is 6.08. The van der Waals surface area contributed by atoms with Gasteiger partial charge in [0.05, 0.1) is 31.0 Å². The van der Waals surface area contributed by atoms with Gasteiger partial charge in [0, 0.05) is 0 Å². The summed E-state index contributed by atoms with van der Waals surface area (Å²) in [5.74, 6) is 0.236. The highest BCUT2D eigenvalue weighted by Crippen LogP contribution is 2.38. The van der Waals surface area contributed by atoms with Crippen LogP contribution in [0.15, 0.2) is 46.6 Å². The van der Waals surface area contributed by atoms with Gasteiger partial charge in [0.1, 0.15) is 12.2 Å². The number of amides is 1. The van der Waals surface area contributed by atoms with Crippen LogP contribution in [0.5, 0.6) is 11.5 Å². The Morgan fingerprint density at radius 1 is 1.15 bits per heavy atom. The first-order chi connectivity index (χ1) is 15.8. The molecule has 1 heterocycles. The molecule has 0 saturated carbocycles. The second kappa shape index (κ2) is 10.8. The number of nitrogens with zero attached hydrogens (tertiary/aromatic N) is 2. The average molecular weight is 533 g/mol. The van der Waals surface area contributed by atoms with Crippen molar-refractivity contribution in [2.45, 2.75) is 20.3 Å². The van der Waals surface area contributed by atoms with Gasteiger partial charge in [-0.05, 0) is 83.0 Å². The molecular formula is C24H25BrN2O5S. The zero-order chi connectivity index (χ0) is 24.1. The molecule has 9 heteroatoms. The number of halogens is 1. The van der Waals surface area contributed by atoms with E-state index < -0.39 is 5.97 Å². The summed E-state index contributed by atoms with van der Waals surface area (Å²) >= 11 is 9.09. The first-order valence-corrected chi connectivity index (χ1v) is 11.6. The summed E-state index contributed by atoms with van der Waals surface area (Å²) in [6.07, 6.45) is 2.55. The van der Waals surface area contributed by atoms with Crippen molar-refractivity contribution in [1.82, 2.24) is 4.90 Å². The van der Waals surface area contributed by atoms with Crippen LogP contribution in [0.4, 0.5) is 5.69 Å². The van der Waals surface area contributed by atoms with Crippen molar-refractivity contribution < 1.29 is 23.8 Å². The number of carbonyl (C=O) groups excluding carboxylic acids is 2. The molecule has 33 heavy (non-hydrogen) atoms.